The molecule has 0 fully saturated rings. The fourth-order valence-corrected chi connectivity index (χ4v) is 1.96. The van der Waals surface area contributed by atoms with Crippen LogP contribution in [0, 0.1) is 5.92 Å². The molecule has 1 aromatic carbocycles. The van der Waals surface area contributed by atoms with Gasteiger partial charge in [0.25, 0.3) is 11.7 Å². The summed E-state index contributed by atoms with van der Waals surface area (Å²) in [5, 5.41) is 9.03. The average molecular weight is 249 g/mol. The van der Waals surface area contributed by atoms with Gasteiger partial charge in [-0.1, -0.05) is 6.92 Å². The lowest BCUT2D eigenvalue weighted by atomic mass is 10.1. The Kier molecular flexibility index (Phi) is 3.34. The number of nitrogens with zero attached hydrogens (tertiary/aromatic N) is 1. The maximum Gasteiger partial charge on any atom is 0.299 e. The van der Waals surface area contributed by atoms with E-state index in [9.17, 15) is 9.59 Å². The quantitative estimate of drug-likeness (QED) is 0.803. The lowest BCUT2D eigenvalue weighted by Crippen LogP contribution is -2.34. The highest BCUT2D eigenvalue weighted by molar-refractivity contribution is 6.52. The number of aliphatic hydroxyl groups excluding tert-OH is 1. The molecular formula is C13H15NO4. The molecule has 5 nitrogen and oxygen atoms in total. The standard InChI is InChI=1S/C13H15NO4/c1-8(7-15)6-14-11-4-3-9(18-2)5-10(11)12(16)13(14)17/h3-5,8,15H,6-7H2,1-2H3. The smallest absolute Gasteiger partial charge is 0.299 e. The van der Waals surface area contributed by atoms with Gasteiger partial charge in [-0.05, 0) is 24.1 Å². The number of ether oxygens (including phenoxy) is 1. The molecule has 1 heterocycles. The first-order valence-electron chi connectivity index (χ1n) is 5.73. The zero-order valence-corrected chi connectivity index (χ0v) is 10.3. The zero-order valence-electron chi connectivity index (χ0n) is 10.3. The molecule has 1 aliphatic rings. The van der Waals surface area contributed by atoms with E-state index < -0.39 is 11.7 Å². The Bertz CT molecular complexity index is 498. The largest absolute Gasteiger partial charge is 0.497 e. The van der Waals surface area contributed by atoms with Gasteiger partial charge in [0.1, 0.15) is 5.75 Å². The Balaban J connectivity index is 2.37. The van der Waals surface area contributed by atoms with E-state index in [-0.39, 0.29) is 12.5 Å². The maximum atomic E-state index is 11.9. The molecule has 18 heavy (non-hydrogen) atoms. The highest BCUT2D eigenvalue weighted by atomic mass is 16.5. The SMILES string of the molecule is COc1ccc2c(c1)C(=O)C(=O)N2CC(C)CO. The predicted octanol–water partition coefficient (Wildman–Crippen LogP) is 0.853. The minimum atomic E-state index is -0.543. The molecule has 0 spiro atoms. The number of anilines is 1. The van der Waals surface area contributed by atoms with Gasteiger partial charge in [0, 0.05) is 13.2 Å². The van der Waals surface area contributed by atoms with Gasteiger partial charge in [-0.15, -0.1) is 0 Å². The third-order valence-corrected chi connectivity index (χ3v) is 2.98. The van der Waals surface area contributed by atoms with Gasteiger partial charge in [0.15, 0.2) is 0 Å². The molecular weight excluding hydrogens is 234 g/mol. The first-order chi connectivity index (χ1) is 8.58. The number of carbonyl (C=O) groups excluding carboxylic acids is 2. The molecule has 0 radical (unpaired) electrons. The molecule has 0 saturated carbocycles. The molecule has 5 heteroatoms. The monoisotopic (exact) mass is 249 g/mol. The molecule has 1 amide bonds. The third-order valence-electron chi connectivity index (χ3n) is 2.98. The van der Waals surface area contributed by atoms with Crippen LogP contribution < -0.4 is 9.64 Å². The molecule has 96 valence electrons. The Morgan fingerprint density at radius 1 is 1.39 bits per heavy atom. The summed E-state index contributed by atoms with van der Waals surface area (Å²) < 4.78 is 5.04. The summed E-state index contributed by atoms with van der Waals surface area (Å²) in [5.74, 6) is -0.589. The van der Waals surface area contributed by atoms with Crippen molar-refractivity contribution in [3.05, 3.63) is 23.8 Å². The summed E-state index contributed by atoms with van der Waals surface area (Å²) in [4.78, 5) is 25.1. The van der Waals surface area contributed by atoms with Crippen molar-refractivity contribution in [1.82, 2.24) is 0 Å². The number of amides is 1. The number of aliphatic hydroxyl groups is 1. The number of carbonyl (C=O) groups is 2. The predicted molar refractivity (Wildman–Crippen MR) is 65.9 cm³/mol. The topological polar surface area (TPSA) is 66.8 Å². The van der Waals surface area contributed by atoms with Crippen molar-refractivity contribution >= 4 is 17.4 Å². The summed E-state index contributed by atoms with van der Waals surface area (Å²) in [5.41, 5.74) is 0.954. The Labute approximate surface area is 105 Å². The minimum absolute atomic E-state index is 0.0243. The molecule has 1 N–H and O–H groups in total. The van der Waals surface area contributed by atoms with Gasteiger partial charge in [0.05, 0.1) is 18.4 Å². The number of hydrogen-bond donors (Lipinski definition) is 1. The Morgan fingerprint density at radius 3 is 2.72 bits per heavy atom. The Hall–Kier alpha value is -1.88. The van der Waals surface area contributed by atoms with Gasteiger partial charge >= 0.3 is 0 Å². The van der Waals surface area contributed by atoms with E-state index in [1.54, 1.807) is 18.2 Å². The number of fused-ring (bicyclic) bond motifs is 1. The van der Waals surface area contributed by atoms with Crippen LogP contribution in [-0.2, 0) is 4.79 Å². The third kappa shape index (κ3) is 1.97. The molecule has 1 unspecified atom stereocenters. The molecule has 0 aliphatic carbocycles. The van der Waals surface area contributed by atoms with E-state index in [1.165, 1.54) is 12.0 Å². The van der Waals surface area contributed by atoms with Crippen molar-refractivity contribution in [3.8, 4) is 5.75 Å². The lowest BCUT2D eigenvalue weighted by molar-refractivity contribution is -0.114. The van der Waals surface area contributed by atoms with Crippen molar-refractivity contribution in [2.24, 2.45) is 5.92 Å². The van der Waals surface area contributed by atoms with Gasteiger partial charge in [-0.25, -0.2) is 0 Å². The average Bonchev–Trinajstić information content (AvgIpc) is 2.63. The van der Waals surface area contributed by atoms with Crippen LogP contribution in [0.4, 0.5) is 5.69 Å². The normalized spacial score (nSPS) is 15.8. The van der Waals surface area contributed by atoms with Crippen LogP contribution in [0.1, 0.15) is 17.3 Å². The van der Waals surface area contributed by atoms with Crippen LogP contribution in [0.2, 0.25) is 0 Å². The molecule has 0 bridgehead atoms. The van der Waals surface area contributed by atoms with E-state index in [4.69, 9.17) is 9.84 Å². The van der Waals surface area contributed by atoms with E-state index in [0.717, 1.165) is 0 Å². The highest BCUT2D eigenvalue weighted by Gasteiger charge is 2.36. The maximum absolute atomic E-state index is 11.9. The number of benzene rings is 1. The summed E-state index contributed by atoms with van der Waals surface area (Å²) in [6, 6.07) is 4.97. The fraction of sp³-hybridized carbons (Fsp3) is 0.385. The second-order valence-electron chi connectivity index (χ2n) is 4.42. The van der Waals surface area contributed by atoms with Crippen molar-refractivity contribution < 1.29 is 19.4 Å². The number of ketones is 1. The minimum Gasteiger partial charge on any atom is -0.497 e. The molecule has 0 saturated heterocycles. The van der Waals surface area contributed by atoms with Gasteiger partial charge in [0.2, 0.25) is 0 Å². The van der Waals surface area contributed by atoms with Crippen LogP contribution in [0.15, 0.2) is 18.2 Å². The molecule has 2 rings (SSSR count). The van der Waals surface area contributed by atoms with E-state index >= 15 is 0 Å². The zero-order chi connectivity index (χ0) is 13.3. The van der Waals surface area contributed by atoms with Gasteiger partial charge in [-0.2, -0.15) is 0 Å². The molecule has 1 aromatic rings. The Morgan fingerprint density at radius 2 is 2.11 bits per heavy atom. The van der Waals surface area contributed by atoms with Gasteiger partial charge in [-0.3, -0.25) is 9.59 Å². The van der Waals surface area contributed by atoms with Crippen molar-refractivity contribution in [1.29, 1.82) is 0 Å². The number of rotatable bonds is 4. The summed E-state index contributed by atoms with van der Waals surface area (Å²) in [7, 11) is 1.51. The summed E-state index contributed by atoms with van der Waals surface area (Å²) in [6.45, 7) is 2.13. The second-order valence-corrected chi connectivity index (χ2v) is 4.42. The van der Waals surface area contributed by atoms with Crippen LogP contribution in [-0.4, -0.2) is 37.1 Å². The lowest BCUT2D eigenvalue weighted by Gasteiger charge is -2.19. The van der Waals surface area contributed by atoms with Crippen molar-refractivity contribution in [2.45, 2.75) is 6.92 Å². The molecule has 1 atom stereocenters. The highest BCUT2D eigenvalue weighted by Crippen LogP contribution is 2.32. The molecule has 1 aliphatic heterocycles. The first kappa shape index (κ1) is 12.6. The fourth-order valence-electron chi connectivity index (χ4n) is 1.96. The summed E-state index contributed by atoms with van der Waals surface area (Å²) >= 11 is 0. The van der Waals surface area contributed by atoms with E-state index in [0.29, 0.717) is 23.5 Å². The first-order valence-corrected chi connectivity index (χ1v) is 5.73. The van der Waals surface area contributed by atoms with Crippen LogP contribution >= 0.6 is 0 Å². The van der Waals surface area contributed by atoms with Crippen molar-refractivity contribution in [2.75, 3.05) is 25.2 Å². The summed E-state index contributed by atoms with van der Waals surface area (Å²) in [6.07, 6.45) is 0. The van der Waals surface area contributed by atoms with E-state index in [1.807, 2.05) is 6.92 Å². The molecule has 0 aromatic heterocycles. The van der Waals surface area contributed by atoms with Crippen LogP contribution in [0.25, 0.3) is 0 Å². The number of Topliss-reactive ketones (excluding diaryl/α,β-unsaturated/α-hetero) is 1. The van der Waals surface area contributed by atoms with Crippen LogP contribution in [0.3, 0.4) is 0 Å². The van der Waals surface area contributed by atoms with E-state index in [2.05, 4.69) is 0 Å². The van der Waals surface area contributed by atoms with Gasteiger partial charge < -0.3 is 14.7 Å². The van der Waals surface area contributed by atoms with Crippen LogP contribution in [0.5, 0.6) is 5.75 Å². The number of methoxy groups -OCH3 is 1. The number of hydrogen-bond acceptors (Lipinski definition) is 4. The second kappa shape index (κ2) is 4.78. The van der Waals surface area contributed by atoms with Crippen molar-refractivity contribution in [3.63, 3.8) is 0 Å².